The maximum absolute atomic E-state index is 10.5. The highest BCUT2D eigenvalue weighted by atomic mass is 35.5. The minimum absolute atomic E-state index is 0.0517. The van der Waals surface area contributed by atoms with Crippen LogP contribution in [0.4, 0.5) is 0 Å². The Bertz CT molecular complexity index is 436. The van der Waals surface area contributed by atoms with Gasteiger partial charge in [0, 0.05) is 16.6 Å². The number of benzene rings is 1. The van der Waals surface area contributed by atoms with Crippen molar-refractivity contribution in [3.8, 4) is 0 Å². The molecule has 1 aromatic carbocycles. The van der Waals surface area contributed by atoms with Crippen molar-refractivity contribution in [3.63, 3.8) is 0 Å². The van der Waals surface area contributed by atoms with Crippen molar-refractivity contribution in [1.82, 2.24) is 5.32 Å². The van der Waals surface area contributed by atoms with Gasteiger partial charge >= 0.3 is 0 Å². The molecule has 0 saturated heterocycles. The Morgan fingerprint density at radius 3 is 2.53 bits per heavy atom. The number of halogens is 1. The minimum Gasteiger partial charge on any atom is -0.387 e. The van der Waals surface area contributed by atoms with Crippen molar-refractivity contribution in [3.05, 3.63) is 33.8 Å². The number of fused-ring (bicyclic) bond motifs is 1. The number of aliphatic hydroxyl groups is 1. The molecule has 0 fully saturated rings. The molecule has 2 rings (SSSR count). The zero-order valence-electron chi connectivity index (χ0n) is 11.5. The topological polar surface area (TPSA) is 58.3 Å². The van der Waals surface area contributed by atoms with Crippen molar-refractivity contribution in [1.29, 1.82) is 0 Å². The summed E-state index contributed by atoms with van der Waals surface area (Å²) in [6, 6.07) is 4.07. The summed E-state index contributed by atoms with van der Waals surface area (Å²) in [6.07, 6.45) is 4.77. The highest BCUT2D eigenvalue weighted by Gasteiger charge is 2.23. The largest absolute Gasteiger partial charge is 0.387 e. The second kappa shape index (κ2) is 6.71. The lowest BCUT2D eigenvalue weighted by Crippen LogP contribution is -2.34. The first-order valence-electron chi connectivity index (χ1n) is 7.04. The Morgan fingerprint density at radius 2 is 1.95 bits per heavy atom. The van der Waals surface area contributed by atoms with E-state index in [2.05, 4.69) is 11.4 Å². The first-order valence-corrected chi connectivity index (χ1v) is 7.41. The molecule has 2 unspecified atom stereocenters. The minimum atomic E-state index is -0.603. The summed E-state index contributed by atoms with van der Waals surface area (Å²) in [5.74, 6) is 0. The molecule has 2 atom stereocenters. The number of nitrogens with one attached hydrogen (secondary N) is 1. The van der Waals surface area contributed by atoms with E-state index in [1.165, 1.54) is 24.0 Å². The molecule has 3 nitrogen and oxygen atoms in total. The van der Waals surface area contributed by atoms with Gasteiger partial charge in [-0.3, -0.25) is 0 Å². The first kappa shape index (κ1) is 14.8. The molecule has 106 valence electrons. The number of aliphatic hydroxyl groups excluding tert-OH is 1. The number of hydrogen-bond acceptors (Lipinski definition) is 3. The van der Waals surface area contributed by atoms with Gasteiger partial charge < -0.3 is 16.2 Å². The lowest BCUT2D eigenvalue weighted by molar-refractivity contribution is 0.129. The molecule has 0 aromatic heterocycles. The predicted molar refractivity (Wildman–Crippen MR) is 79.6 cm³/mol. The second-order valence-electron chi connectivity index (χ2n) is 5.27. The number of nitrogens with two attached hydrogens (primary N) is 1. The SMILES string of the molecule is CNC(CCN)C(O)c1cc2c(cc1Cl)CCCC2. The van der Waals surface area contributed by atoms with Gasteiger partial charge in [0.2, 0.25) is 0 Å². The van der Waals surface area contributed by atoms with Gasteiger partial charge in [0.15, 0.2) is 0 Å². The van der Waals surface area contributed by atoms with Gasteiger partial charge in [-0.25, -0.2) is 0 Å². The molecule has 4 heteroatoms. The first-order chi connectivity index (χ1) is 9.17. The van der Waals surface area contributed by atoms with Crippen LogP contribution in [0.5, 0.6) is 0 Å². The molecule has 0 heterocycles. The lowest BCUT2D eigenvalue weighted by Gasteiger charge is -2.25. The predicted octanol–water partition coefficient (Wildman–Crippen LogP) is 2.19. The Kier molecular flexibility index (Phi) is 5.22. The van der Waals surface area contributed by atoms with Crippen LogP contribution in [0.25, 0.3) is 0 Å². The maximum atomic E-state index is 10.5. The standard InChI is InChI=1S/C15H23ClN2O/c1-18-14(6-7-17)15(19)12-8-10-4-2-3-5-11(10)9-13(12)16/h8-9,14-15,18-19H,2-7,17H2,1H3. The van der Waals surface area contributed by atoms with Crippen LogP contribution in [0, 0.1) is 0 Å². The van der Waals surface area contributed by atoms with E-state index in [9.17, 15) is 5.11 Å². The molecule has 1 aliphatic rings. The second-order valence-corrected chi connectivity index (χ2v) is 5.67. The van der Waals surface area contributed by atoms with Crippen LogP contribution in [-0.2, 0) is 12.8 Å². The molecule has 4 N–H and O–H groups in total. The highest BCUT2D eigenvalue weighted by molar-refractivity contribution is 6.31. The van der Waals surface area contributed by atoms with Crippen LogP contribution in [0.3, 0.4) is 0 Å². The lowest BCUT2D eigenvalue weighted by atomic mass is 9.88. The zero-order valence-corrected chi connectivity index (χ0v) is 12.2. The van der Waals surface area contributed by atoms with Gasteiger partial charge in [0.1, 0.15) is 0 Å². The maximum Gasteiger partial charge on any atom is 0.0957 e. The number of hydrogen-bond donors (Lipinski definition) is 3. The van der Waals surface area contributed by atoms with Crippen LogP contribution in [0.2, 0.25) is 5.02 Å². The third-order valence-electron chi connectivity index (χ3n) is 4.01. The van der Waals surface area contributed by atoms with Crippen molar-refractivity contribution in [2.75, 3.05) is 13.6 Å². The molecule has 0 bridgehead atoms. The van der Waals surface area contributed by atoms with Gasteiger partial charge in [0.25, 0.3) is 0 Å². The monoisotopic (exact) mass is 282 g/mol. The van der Waals surface area contributed by atoms with Crippen LogP contribution in [0.1, 0.15) is 42.1 Å². The van der Waals surface area contributed by atoms with E-state index >= 15 is 0 Å². The van der Waals surface area contributed by atoms with E-state index in [4.69, 9.17) is 17.3 Å². The number of likely N-dealkylation sites (N-methyl/N-ethyl adjacent to an activating group) is 1. The van der Waals surface area contributed by atoms with Crippen molar-refractivity contribution >= 4 is 11.6 Å². The summed E-state index contributed by atoms with van der Waals surface area (Å²) in [4.78, 5) is 0. The smallest absolute Gasteiger partial charge is 0.0957 e. The van der Waals surface area contributed by atoms with Crippen LogP contribution < -0.4 is 11.1 Å². The summed E-state index contributed by atoms with van der Waals surface area (Å²) in [7, 11) is 1.84. The summed E-state index contributed by atoms with van der Waals surface area (Å²) < 4.78 is 0. The van der Waals surface area contributed by atoms with Gasteiger partial charge in [0.05, 0.1) is 6.10 Å². The van der Waals surface area contributed by atoms with Gasteiger partial charge in [-0.2, -0.15) is 0 Å². The van der Waals surface area contributed by atoms with E-state index in [0.717, 1.165) is 24.8 Å². The van der Waals surface area contributed by atoms with E-state index < -0.39 is 6.10 Å². The van der Waals surface area contributed by atoms with Crippen LogP contribution in [0.15, 0.2) is 12.1 Å². The molecule has 19 heavy (non-hydrogen) atoms. The van der Waals surface area contributed by atoms with E-state index in [1.807, 2.05) is 13.1 Å². The number of aryl methyl sites for hydroxylation is 2. The summed E-state index contributed by atoms with van der Waals surface area (Å²) >= 11 is 6.34. The van der Waals surface area contributed by atoms with Crippen LogP contribution >= 0.6 is 11.6 Å². The van der Waals surface area contributed by atoms with E-state index in [-0.39, 0.29) is 6.04 Å². The number of rotatable bonds is 5. The molecule has 0 amide bonds. The normalized spacial score (nSPS) is 17.9. The zero-order chi connectivity index (χ0) is 13.8. The molecular formula is C15H23ClN2O. The molecule has 0 radical (unpaired) electrons. The van der Waals surface area contributed by atoms with E-state index in [0.29, 0.717) is 11.6 Å². The Morgan fingerprint density at radius 1 is 1.32 bits per heavy atom. The summed E-state index contributed by atoms with van der Waals surface area (Å²) in [6.45, 7) is 0.547. The van der Waals surface area contributed by atoms with Crippen molar-refractivity contribution in [2.45, 2.75) is 44.2 Å². The molecule has 0 aliphatic heterocycles. The van der Waals surface area contributed by atoms with Gasteiger partial charge in [-0.05, 0) is 62.9 Å². The fraction of sp³-hybridized carbons (Fsp3) is 0.600. The van der Waals surface area contributed by atoms with Gasteiger partial charge in [-0.15, -0.1) is 0 Å². The summed E-state index contributed by atoms with van der Waals surface area (Å²) in [5.41, 5.74) is 9.09. The summed E-state index contributed by atoms with van der Waals surface area (Å²) in [5, 5.41) is 14.3. The Hall–Kier alpha value is -0.610. The molecule has 1 aliphatic carbocycles. The van der Waals surface area contributed by atoms with Crippen LogP contribution in [-0.4, -0.2) is 24.7 Å². The quantitative estimate of drug-likeness (QED) is 0.776. The van der Waals surface area contributed by atoms with E-state index in [1.54, 1.807) is 0 Å². The fourth-order valence-electron chi connectivity index (χ4n) is 2.86. The van der Waals surface area contributed by atoms with Crippen molar-refractivity contribution in [2.24, 2.45) is 5.73 Å². The molecule has 1 aromatic rings. The molecule has 0 saturated carbocycles. The average Bonchev–Trinajstić information content (AvgIpc) is 2.43. The third-order valence-corrected chi connectivity index (χ3v) is 4.34. The third kappa shape index (κ3) is 3.29. The molecule has 0 spiro atoms. The Labute approximate surface area is 120 Å². The highest BCUT2D eigenvalue weighted by Crippen LogP contribution is 2.32. The molecular weight excluding hydrogens is 260 g/mol. The van der Waals surface area contributed by atoms with Gasteiger partial charge in [-0.1, -0.05) is 17.7 Å². The average molecular weight is 283 g/mol. The fourth-order valence-corrected chi connectivity index (χ4v) is 3.16. The Balaban J connectivity index is 2.28. The van der Waals surface area contributed by atoms with Crippen molar-refractivity contribution < 1.29 is 5.11 Å².